The number of thiazole rings is 1. The van der Waals surface area contributed by atoms with Gasteiger partial charge in [-0.05, 0) is 18.9 Å². The number of aliphatic hydroxyl groups is 1. The molecule has 0 unspecified atom stereocenters. The minimum Gasteiger partial charge on any atom is -0.441 e. The summed E-state index contributed by atoms with van der Waals surface area (Å²) in [4.78, 5) is 23.3. The average Bonchev–Trinajstić information content (AvgIpc) is 3.22. The first-order valence-electron chi connectivity index (χ1n) is 8.65. The molecule has 3 heterocycles. The number of carbonyl (C=O) groups is 1. The number of oxazole rings is 1. The van der Waals surface area contributed by atoms with Crippen molar-refractivity contribution >= 4 is 34.7 Å². The van der Waals surface area contributed by atoms with Gasteiger partial charge in [-0.1, -0.05) is 32.1 Å². The minimum atomic E-state index is -0.301. The van der Waals surface area contributed by atoms with Gasteiger partial charge < -0.3 is 14.4 Å². The number of hydrogen-bond acceptors (Lipinski definition) is 6. The van der Waals surface area contributed by atoms with E-state index in [1.54, 1.807) is 23.4 Å². The van der Waals surface area contributed by atoms with E-state index in [0.717, 1.165) is 10.6 Å². The second kappa shape index (κ2) is 7.59. The van der Waals surface area contributed by atoms with Crippen LogP contribution in [0.2, 0.25) is 0 Å². The molecule has 0 radical (unpaired) electrons. The Kier molecular flexibility index (Phi) is 5.43. The van der Waals surface area contributed by atoms with Gasteiger partial charge in [-0.25, -0.2) is 14.8 Å². The highest BCUT2D eigenvalue weighted by Gasteiger charge is 2.22. The van der Waals surface area contributed by atoms with Crippen molar-refractivity contribution in [1.82, 2.24) is 14.9 Å². The van der Waals surface area contributed by atoms with E-state index in [1.165, 1.54) is 11.3 Å². The van der Waals surface area contributed by atoms with Crippen LogP contribution >= 0.6 is 11.3 Å². The maximum Gasteiger partial charge on any atom is 0.323 e. The number of aromatic nitrogens is 2. The van der Waals surface area contributed by atoms with Gasteiger partial charge in [0, 0.05) is 35.7 Å². The van der Waals surface area contributed by atoms with Crippen LogP contribution in [0.4, 0.5) is 9.93 Å². The number of urea groups is 1. The molecule has 1 fully saturated rings. The molecule has 140 valence electrons. The topological polar surface area (TPSA) is 91.5 Å². The van der Waals surface area contributed by atoms with Crippen LogP contribution in [0.15, 0.2) is 16.8 Å². The normalized spacial score (nSPS) is 16.4. The summed E-state index contributed by atoms with van der Waals surface area (Å²) in [5.41, 5.74) is -0.0779. The molecule has 1 saturated heterocycles. The predicted molar refractivity (Wildman–Crippen MR) is 102 cm³/mol. The van der Waals surface area contributed by atoms with Crippen molar-refractivity contribution in [3.8, 4) is 0 Å². The monoisotopic (exact) mass is 376 g/mol. The van der Waals surface area contributed by atoms with Crippen LogP contribution in [0.1, 0.15) is 50.1 Å². The second-order valence-electron chi connectivity index (χ2n) is 7.36. The predicted octanol–water partition coefficient (Wildman–Crippen LogP) is 3.59. The second-order valence-corrected chi connectivity index (χ2v) is 8.42. The molecule has 2 N–H and O–H groups in total. The molecule has 2 aromatic heterocycles. The number of amides is 2. The lowest BCUT2D eigenvalue weighted by atomic mass is 9.94. The number of carbonyl (C=O) groups excluding carboxylic acids is 1. The van der Waals surface area contributed by atoms with E-state index in [1.807, 2.05) is 6.08 Å². The summed E-state index contributed by atoms with van der Waals surface area (Å²) in [6.07, 6.45) is 8.03. The van der Waals surface area contributed by atoms with E-state index >= 15 is 0 Å². The molecule has 0 aromatic carbocycles. The van der Waals surface area contributed by atoms with Gasteiger partial charge in [0.15, 0.2) is 5.13 Å². The zero-order valence-electron chi connectivity index (χ0n) is 15.2. The first-order valence-corrected chi connectivity index (χ1v) is 9.47. The van der Waals surface area contributed by atoms with Crippen LogP contribution < -0.4 is 5.32 Å². The summed E-state index contributed by atoms with van der Waals surface area (Å²) in [5, 5.41) is 12.9. The Morgan fingerprint density at radius 3 is 2.69 bits per heavy atom. The summed E-state index contributed by atoms with van der Waals surface area (Å²) in [6, 6.07) is -0.177. The summed E-state index contributed by atoms with van der Waals surface area (Å²) >= 11 is 1.38. The van der Waals surface area contributed by atoms with Gasteiger partial charge in [0.05, 0.1) is 12.3 Å². The van der Waals surface area contributed by atoms with E-state index in [2.05, 4.69) is 36.1 Å². The lowest BCUT2D eigenvalue weighted by Crippen LogP contribution is -2.42. The van der Waals surface area contributed by atoms with E-state index in [9.17, 15) is 9.90 Å². The Morgan fingerprint density at radius 2 is 2.04 bits per heavy atom. The Morgan fingerprint density at radius 1 is 1.31 bits per heavy atom. The Labute approximate surface area is 156 Å². The standard InChI is InChI=1S/C18H24N4O3S/c1-18(2,3)14-11-19-15(25-14)5-4-13-10-20-16(26-13)21-17(24)22-8-6-12(23)7-9-22/h4-5,10-12,23H,6-9H2,1-3H3,(H,20,21,24). The number of nitrogens with zero attached hydrogens (tertiary/aromatic N) is 3. The molecule has 0 spiro atoms. The molecule has 0 aliphatic carbocycles. The molecule has 0 saturated carbocycles. The molecular weight excluding hydrogens is 352 g/mol. The highest BCUT2D eigenvalue weighted by atomic mass is 32.1. The van der Waals surface area contributed by atoms with Gasteiger partial charge in [-0.2, -0.15) is 0 Å². The number of likely N-dealkylation sites (tertiary alicyclic amines) is 1. The van der Waals surface area contributed by atoms with Crippen LogP contribution in [0.5, 0.6) is 0 Å². The number of aliphatic hydroxyl groups excluding tert-OH is 1. The maximum absolute atomic E-state index is 12.2. The Hall–Kier alpha value is -2.19. The number of rotatable bonds is 3. The summed E-state index contributed by atoms with van der Waals surface area (Å²) in [5.74, 6) is 1.38. The molecule has 3 rings (SSSR count). The fraction of sp³-hybridized carbons (Fsp3) is 0.500. The van der Waals surface area contributed by atoms with Crippen LogP contribution in [-0.2, 0) is 5.41 Å². The van der Waals surface area contributed by atoms with Crippen molar-refractivity contribution in [2.24, 2.45) is 0 Å². The van der Waals surface area contributed by atoms with Crippen molar-refractivity contribution < 1.29 is 14.3 Å². The lowest BCUT2D eigenvalue weighted by Gasteiger charge is -2.29. The summed E-state index contributed by atoms with van der Waals surface area (Å²) in [6.45, 7) is 7.34. The third-order valence-corrected chi connectivity index (χ3v) is 5.02. The molecule has 7 nitrogen and oxygen atoms in total. The first-order chi connectivity index (χ1) is 12.3. The number of piperidine rings is 1. The molecular formula is C18H24N4O3S. The molecule has 8 heteroatoms. The van der Waals surface area contributed by atoms with Gasteiger partial charge in [0.25, 0.3) is 0 Å². The van der Waals surface area contributed by atoms with Crippen molar-refractivity contribution in [1.29, 1.82) is 0 Å². The third kappa shape index (κ3) is 4.70. The van der Waals surface area contributed by atoms with Gasteiger partial charge in [0.1, 0.15) is 5.76 Å². The van der Waals surface area contributed by atoms with Gasteiger partial charge in [-0.3, -0.25) is 5.32 Å². The van der Waals surface area contributed by atoms with E-state index in [4.69, 9.17) is 4.42 Å². The molecule has 2 aromatic rings. The van der Waals surface area contributed by atoms with Gasteiger partial charge in [0.2, 0.25) is 5.89 Å². The minimum absolute atomic E-state index is 0.0779. The lowest BCUT2D eigenvalue weighted by molar-refractivity contribution is 0.0972. The Bertz CT molecular complexity index is 782. The van der Waals surface area contributed by atoms with Crippen molar-refractivity contribution in [2.45, 2.75) is 45.1 Å². The smallest absolute Gasteiger partial charge is 0.323 e. The van der Waals surface area contributed by atoms with E-state index in [0.29, 0.717) is 37.0 Å². The molecule has 1 aliphatic rings. The van der Waals surface area contributed by atoms with E-state index in [-0.39, 0.29) is 17.6 Å². The van der Waals surface area contributed by atoms with Crippen molar-refractivity contribution in [3.63, 3.8) is 0 Å². The molecule has 2 amide bonds. The van der Waals surface area contributed by atoms with E-state index < -0.39 is 0 Å². The van der Waals surface area contributed by atoms with Gasteiger partial charge >= 0.3 is 6.03 Å². The highest BCUT2D eigenvalue weighted by Crippen LogP contribution is 2.25. The highest BCUT2D eigenvalue weighted by molar-refractivity contribution is 7.16. The SMILES string of the molecule is CC(C)(C)c1cnc(C=Cc2cnc(NC(=O)N3CCC(O)CC3)s2)o1. The maximum atomic E-state index is 12.2. The van der Waals surface area contributed by atoms with Crippen molar-refractivity contribution in [3.05, 3.63) is 28.9 Å². The van der Waals surface area contributed by atoms with Gasteiger partial charge in [-0.15, -0.1) is 0 Å². The third-order valence-electron chi connectivity index (χ3n) is 4.14. The largest absolute Gasteiger partial charge is 0.441 e. The first kappa shape index (κ1) is 18.6. The summed E-state index contributed by atoms with van der Waals surface area (Å²) in [7, 11) is 0. The van der Waals surface area contributed by atoms with Crippen LogP contribution in [0, 0.1) is 0 Å². The fourth-order valence-corrected chi connectivity index (χ4v) is 3.23. The van der Waals surface area contributed by atoms with Crippen LogP contribution in [0.25, 0.3) is 12.2 Å². The molecule has 1 aliphatic heterocycles. The zero-order chi connectivity index (χ0) is 18.7. The zero-order valence-corrected chi connectivity index (χ0v) is 16.0. The molecule has 0 bridgehead atoms. The number of anilines is 1. The van der Waals surface area contributed by atoms with Crippen LogP contribution in [-0.4, -0.2) is 45.2 Å². The van der Waals surface area contributed by atoms with Crippen molar-refractivity contribution in [2.75, 3.05) is 18.4 Å². The quantitative estimate of drug-likeness (QED) is 0.854. The summed E-state index contributed by atoms with van der Waals surface area (Å²) < 4.78 is 5.72. The van der Waals surface area contributed by atoms with Crippen LogP contribution in [0.3, 0.4) is 0 Å². The number of hydrogen-bond donors (Lipinski definition) is 2. The fourth-order valence-electron chi connectivity index (χ4n) is 2.53. The average molecular weight is 376 g/mol. The molecule has 0 atom stereocenters. The Balaban J connectivity index is 1.57. The number of nitrogens with one attached hydrogen (secondary N) is 1. The molecule has 26 heavy (non-hydrogen) atoms.